The number of imidazole rings is 1. The Balaban J connectivity index is 2.24. The number of nitrogen functional groups attached to an aromatic ring is 1. The molecule has 8 heteroatoms. The molecular formula is C10H14FN5O2. The van der Waals surface area contributed by atoms with Gasteiger partial charge >= 0.3 is 6.08 Å². The van der Waals surface area contributed by atoms with Crippen LogP contribution in [0.5, 0.6) is 0 Å². The molecule has 0 spiro atoms. The van der Waals surface area contributed by atoms with Gasteiger partial charge < -0.3 is 20.1 Å². The predicted octanol–water partition coefficient (Wildman–Crippen LogP) is -0.0550. The van der Waals surface area contributed by atoms with Crippen molar-refractivity contribution in [1.29, 1.82) is 0 Å². The molecule has 0 aliphatic rings. The number of halogens is 1. The number of aryl methyl sites for hydroxylation is 1. The van der Waals surface area contributed by atoms with Gasteiger partial charge in [-0.15, -0.1) is 0 Å². The number of anilines is 1. The number of aliphatic hydroxyl groups is 1. The van der Waals surface area contributed by atoms with E-state index in [0.717, 1.165) is 0 Å². The third-order valence-electron chi connectivity index (χ3n) is 2.69. The summed E-state index contributed by atoms with van der Waals surface area (Å²) in [4.78, 5) is 11.1. The lowest BCUT2D eigenvalue weighted by molar-refractivity contribution is 0.0405. The average molecular weight is 255 g/mol. The second kappa shape index (κ2) is 5.23. The van der Waals surface area contributed by atoms with Gasteiger partial charge in [0.25, 0.3) is 0 Å². The molecule has 0 fully saturated rings. The molecule has 0 radical (unpaired) electrons. The molecule has 1 unspecified atom stereocenters. The zero-order chi connectivity index (χ0) is 13.1. The summed E-state index contributed by atoms with van der Waals surface area (Å²) in [7, 11) is 1.52. The van der Waals surface area contributed by atoms with E-state index in [2.05, 4.69) is 15.0 Å². The third-order valence-corrected chi connectivity index (χ3v) is 2.69. The largest absolute Gasteiger partial charge is 0.394 e. The molecule has 2 heterocycles. The predicted molar refractivity (Wildman–Crippen MR) is 62.2 cm³/mol. The van der Waals surface area contributed by atoms with Gasteiger partial charge in [-0.05, 0) is 6.42 Å². The first-order chi connectivity index (χ1) is 8.65. The molecule has 0 saturated carbocycles. The van der Waals surface area contributed by atoms with Gasteiger partial charge in [-0.2, -0.15) is 14.4 Å². The number of hydrogen-bond acceptors (Lipinski definition) is 6. The number of fused-ring (bicyclic) bond motifs is 1. The molecule has 2 aromatic rings. The van der Waals surface area contributed by atoms with Crippen LogP contribution in [0.1, 0.15) is 6.42 Å². The van der Waals surface area contributed by atoms with Gasteiger partial charge in [0.05, 0.1) is 19.0 Å². The van der Waals surface area contributed by atoms with E-state index in [0.29, 0.717) is 24.1 Å². The average Bonchev–Trinajstić information content (AvgIpc) is 2.74. The highest BCUT2D eigenvalue weighted by molar-refractivity contribution is 5.81. The van der Waals surface area contributed by atoms with Crippen LogP contribution < -0.4 is 5.73 Å². The molecule has 3 N–H and O–H groups in total. The summed E-state index contributed by atoms with van der Waals surface area (Å²) >= 11 is 0. The van der Waals surface area contributed by atoms with Gasteiger partial charge in [0.2, 0.25) is 0 Å². The van der Waals surface area contributed by atoms with Crippen LogP contribution in [0, 0.1) is 6.08 Å². The van der Waals surface area contributed by atoms with Crippen molar-refractivity contribution in [1.82, 2.24) is 19.5 Å². The molecule has 98 valence electrons. The van der Waals surface area contributed by atoms with Crippen molar-refractivity contribution in [3.63, 3.8) is 0 Å². The van der Waals surface area contributed by atoms with Crippen molar-refractivity contribution in [2.75, 3.05) is 19.5 Å². The quantitative estimate of drug-likeness (QED) is 0.726. The van der Waals surface area contributed by atoms with E-state index in [-0.39, 0.29) is 18.5 Å². The van der Waals surface area contributed by atoms with Crippen LogP contribution in [0.3, 0.4) is 0 Å². The van der Waals surface area contributed by atoms with Crippen LogP contribution in [0.4, 0.5) is 10.2 Å². The van der Waals surface area contributed by atoms with Crippen molar-refractivity contribution < 1.29 is 14.2 Å². The fraction of sp³-hybridized carbons (Fsp3) is 0.500. The molecule has 0 aliphatic carbocycles. The van der Waals surface area contributed by atoms with Crippen molar-refractivity contribution in [3.05, 3.63) is 12.4 Å². The lowest BCUT2D eigenvalue weighted by Crippen LogP contribution is -2.18. The molecule has 0 bridgehead atoms. The molecule has 2 aromatic heterocycles. The fourth-order valence-electron chi connectivity index (χ4n) is 1.67. The lowest BCUT2D eigenvalue weighted by atomic mass is 10.2. The molecule has 0 aliphatic heterocycles. The van der Waals surface area contributed by atoms with Gasteiger partial charge in [-0.3, -0.25) is 0 Å². The number of nitrogens with two attached hydrogens (primary N) is 1. The minimum Gasteiger partial charge on any atom is -0.394 e. The minimum absolute atomic E-state index is 0.0155. The molecular weight excluding hydrogens is 241 g/mol. The highest BCUT2D eigenvalue weighted by Gasteiger charge is 2.12. The third kappa shape index (κ3) is 2.39. The van der Waals surface area contributed by atoms with Gasteiger partial charge in [-0.25, -0.2) is 4.98 Å². The Morgan fingerprint density at radius 3 is 3.00 bits per heavy atom. The Morgan fingerprint density at radius 1 is 1.56 bits per heavy atom. The normalized spacial score (nSPS) is 13.1. The van der Waals surface area contributed by atoms with Crippen LogP contribution in [0.15, 0.2) is 6.33 Å². The van der Waals surface area contributed by atoms with Crippen molar-refractivity contribution in [3.8, 4) is 0 Å². The smallest absolute Gasteiger partial charge is 0.312 e. The number of hydrogen-bond donors (Lipinski definition) is 2. The van der Waals surface area contributed by atoms with E-state index in [4.69, 9.17) is 15.6 Å². The van der Waals surface area contributed by atoms with E-state index in [1.54, 1.807) is 4.57 Å². The SMILES string of the molecule is COC(CO)CCn1cnc2c(N)nc(F)nc21. The fourth-order valence-corrected chi connectivity index (χ4v) is 1.67. The monoisotopic (exact) mass is 255 g/mol. The van der Waals surface area contributed by atoms with Gasteiger partial charge in [0, 0.05) is 13.7 Å². The maximum Gasteiger partial charge on any atom is 0.312 e. The van der Waals surface area contributed by atoms with E-state index in [1.165, 1.54) is 13.4 Å². The van der Waals surface area contributed by atoms with E-state index in [9.17, 15) is 4.39 Å². The van der Waals surface area contributed by atoms with Gasteiger partial charge in [0.15, 0.2) is 11.5 Å². The van der Waals surface area contributed by atoms with Gasteiger partial charge in [0.1, 0.15) is 5.52 Å². The van der Waals surface area contributed by atoms with E-state index in [1.807, 2.05) is 0 Å². The molecule has 0 aromatic carbocycles. The van der Waals surface area contributed by atoms with E-state index >= 15 is 0 Å². The second-order valence-electron chi connectivity index (χ2n) is 3.82. The highest BCUT2D eigenvalue weighted by atomic mass is 19.1. The molecule has 7 nitrogen and oxygen atoms in total. The number of ether oxygens (including phenoxy) is 1. The summed E-state index contributed by atoms with van der Waals surface area (Å²) in [6.45, 7) is 0.417. The molecule has 2 rings (SSSR count). The summed E-state index contributed by atoms with van der Waals surface area (Å²) in [5.74, 6) is 0.0155. The Bertz CT molecular complexity index is 540. The standard InChI is InChI=1S/C10H14FN5O2/c1-18-6(4-17)2-3-16-5-13-7-8(12)14-10(11)15-9(7)16/h5-6,17H,2-4H2,1H3,(H2,12,14,15). The zero-order valence-electron chi connectivity index (χ0n) is 9.88. The summed E-state index contributed by atoms with van der Waals surface area (Å²) in [6.07, 6.45) is 0.919. The zero-order valence-corrected chi connectivity index (χ0v) is 9.88. The van der Waals surface area contributed by atoms with Crippen molar-refractivity contribution in [2.24, 2.45) is 0 Å². The molecule has 0 saturated heterocycles. The summed E-state index contributed by atoms with van der Waals surface area (Å²) < 4.78 is 19.8. The number of aromatic nitrogens is 4. The Hall–Kier alpha value is -1.80. The highest BCUT2D eigenvalue weighted by Crippen LogP contribution is 2.16. The van der Waals surface area contributed by atoms with Crippen LogP contribution in [-0.4, -0.2) is 44.4 Å². The lowest BCUT2D eigenvalue weighted by Gasteiger charge is -2.12. The first-order valence-electron chi connectivity index (χ1n) is 5.43. The molecule has 18 heavy (non-hydrogen) atoms. The molecule has 0 amide bonds. The topological polar surface area (TPSA) is 99.1 Å². The van der Waals surface area contributed by atoms with Crippen molar-refractivity contribution >= 4 is 17.0 Å². The molecule has 1 atom stereocenters. The van der Waals surface area contributed by atoms with Crippen LogP contribution >= 0.6 is 0 Å². The Morgan fingerprint density at radius 2 is 2.33 bits per heavy atom. The Kier molecular flexibility index (Phi) is 3.68. The summed E-state index contributed by atoms with van der Waals surface area (Å²) in [6, 6.07) is 0. The number of aliphatic hydroxyl groups excluding tert-OH is 1. The number of methoxy groups -OCH3 is 1. The van der Waals surface area contributed by atoms with Gasteiger partial charge in [-0.1, -0.05) is 0 Å². The van der Waals surface area contributed by atoms with Crippen molar-refractivity contribution in [2.45, 2.75) is 19.1 Å². The summed E-state index contributed by atoms with van der Waals surface area (Å²) in [5.41, 5.74) is 6.26. The Labute approximate surface area is 102 Å². The number of rotatable bonds is 5. The summed E-state index contributed by atoms with van der Waals surface area (Å²) in [5, 5.41) is 9.00. The van der Waals surface area contributed by atoms with Crippen LogP contribution in [-0.2, 0) is 11.3 Å². The van der Waals surface area contributed by atoms with E-state index < -0.39 is 6.08 Å². The first-order valence-corrected chi connectivity index (χ1v) is 5.43. The van der Waals surface area contributed by atoms with Crippen LogP contribution in [0.2, 0.25) is 0 Å². The number of nitrogens with zero attached hydrogens (tertiary/aromatic N) is 4. The maximum absolute atomic E-state index is 13.1. The first kappa shape index (κ1) is 12.7. The van der Waals surface area contributed by atoms with Crippen LogP contribution in [0.25, 0.3) is 11.2 Å². The minimum atomic E-state index is -0.882. The maximum atomic E-state index is 13.1. The second-order valence-corrected chi connectivity index (χ2v) is 3.82.